The van der Waals surface area contributed by atoms with E-state index in [-0.39, 0.29) is 0 Å². The normalized spacial score (nSPS) is 40.0. The van der Waals surface area contributed by atoms with Gasteiger partial charge in [-0.05, 0) is 29.1 Å². The molecule has 0 saturated carbocycles. The van der Waals surface area contributed by atoms with Gasteiger partial charge in [0.05, 0.1) is 0 Å². The molecule has 0 aromatic heterocycles. The lowest BCUT2D eigenvalue weighted by atomic mass is 10.1. The lowest BCUT2D eigenvalue weighted by Gasteiger charge is -2.11. The molecule has 2 heterocycles. The van der Waals surface area contributed by atoms with E-state index >= 15 is 0 Å². The number of hydrogen-bond donors (Lipinski definition) is 0. The Bertz CT molecular complexity index is 252. The first kappa shape index (κ1) is 6.67. The predicted octanol–water partition coefficient (Wildman–Crippen LogP) is 3.03. The first-order chi connectivity index (χ1) is 5.45. The summed E-state index contributed by atoms with van der Waals surface area (Å²) < 4.78 is 0. The third kappa shape index (κ3) is 0.858. The van der Waals surface area contributed by atoms with Gasteiger partial charge < -0.3 is 0 Å². The topological polar surface area (TPSA) is 0 Å². The summed E-state index contributed by atoms with van der Waals surface area (Å²) in [5.41, 5.74) is 1.78. The van der Waals surface area contributed by atoms with Crippen LogP contribution in [0.3, 0.4) is 0 Å². The second-order valence-electron chi connectivity index (χ2n) is 3.32. The van der Waals surface area contributed by atoms with E-state index in [0.29, 0.717) is 0 Å². The molecule has 58 valence electrons. The van der Waals surface area contributed by atoms with E-state index in [9.17, 15) is 0 Å². The van der Waals surface area contributed by atoms with Gasteiger partial charge in [-0.25, -0.2) is 0 Å². The highest BCUT2D eigenvalue weighted by Crippen LogP contribution is 2.53. The number of thioether (sulfide) groups is 2. The van der Waals surface area contributed by atoms with Crippen molar-refractivity contribution in [2.45, 2.75) is 18.1 Å². The summed E-state index contributed by atoms with van der Waals surface area (Å²) >= 11 is 4.14. The smallest absolute Gasteiger partial charge is 0.0463 e. The van der Waals surface area contributed by atoms with Crippen molar-refractivity contribution in [1.82, 2.24) is 0 Å². The number of hydrogen-bond acceptors (Lipinski definition) is 2. The van der Waals surface area contributed by atoms with E-state index in [1.807, 2.05) is 11.8 Å². The van der Waals surface area contributed by atoms with Gasteiger partial charge in [-0.3, -0.25) is 0 Å². The molecule has 0 fully saturated rings. The van der Waals surface area contributed by atoms with E-state index in [0.717, 1.165) is 11.2 Å². The van der Waals surface area contributed by atoms with Crippen molar-refractivity contribution < 1.29 is 0 Å². The minimum atomic E-state index is 0.845. The molecule has 0 saturated heterocycles. The quantitative estimate of drug-likeness (QED) is 0.565. The molecule has 2 aliphatic heterocycles. The molecule has 3 aliphatic rings. The van der Waals surface area contributed by atoms with Gasteiger partial charge >= 0.3 is 0 Å². The Morgan fingerprint density at radius 1 is 1.45 bits per heavy atom. The Morgan fingerprint density at radius 3 is 3.45 bits per heavy atom. The molecule has 0 N–H and O–H groups in total. The molecule has 0 bridgehead atoms. The molecule has 0 amide bonds. The summed E-state index contributed by atoms with van der Waals surface area (Å²) in [6, 6.07) is 0. The van der Waals surface area contributed by atoms with Gasteiger partial charge in [0.15, 0.2) is 0 Å². The first-order valence-electron chi connectivity index (χ1n) is 4.12. The van der Waals surface area contributed by atoms with Crippen LogP contribution in [0.1, 0.15) is 12.8 Å². The maximum atomic E-state index is 2.40. The molecule has 1 aliphatic carbocycles. The van der Waals surface area contributed by atoms with Crippen LogP contribution in [0.5, 0.6) is 0 Å². The highest BCUT2D eigenvalue weighted by molar-refractivity contribution is 8.07. The fraction of sp³-hybridized carbons (Fsp3) is 0.556. The highest BCUT2D eigenvalue weighted by atomic mass is 32.2. The van der Waals surface area contributed by atoms with Gasteiger partial charge in [-0.2, -0.15) is 0 Å². The third-order valence-electron chi connectivity index (χ3n) is 2.69. The minimum absolute atomic E-state index is 0.845. The van der Waals surface area contributed by atoms with E-state index in [1.165, 1.54) is 18.6 Å². The second kappa shape index (κ2) is 2.33. The van der Waals surface area contributed by atoms with Crippen molar-refractivity contribution in [3.63, 3.8) is 0 Å². The molecule has 2 unspecified atom stereocenters. The Labute approximate surface area is 75.5 Å². The maximum absolute atomic E-state index is 2.40. The summed E-state index contributed by atoms with van der Waals surface area (Å²) in [5.74, 6) is 2.23. The molecule has 2 heteroatoms. The molecule has 2 atom stereocenters. The van der Waals surface area contributed by atoms with Crippen LogP contribution in [0.25, 0.3) is 0 Å². The Balaban J connectivity index is 1.96. The van der Waals surface area contributed by atoms with Crippen LogP contribution in [-0.4, -0.2) is 11.0 Å². The maximum Gasteiger partial charge on any atom is 0.0463 e. The molecular weight excluding hydrogens is 172 g/mol. The zero-order valence-electron chi connectivity index (χ0n) is 6.25. The fourth-order valence-electron chi connectivity index (χ4n) is 2.14. The largest absolute Gasteiger partial charge is 0.129 e. The number of allylic oxidation sites excluding steroid dienone is 2. The lowest BCUT2D eigenvalue weighted by Crippen LogP contribution is -2.05. The monoisotopic (exact) mass is 182 g/mol. The van der Waals surface area contributed by atoms with Crippen molar-refractivity contribution >= 4 is 23.5 Å². The van der Waals surface area contributed by atoms with Crippen LogP contribution in [0.4, 0.5) is 0 Å². The van der Waals surface area contributed by atoms with Crippen LogP contribution in [0.2, 0.25) is 0 Å². The average molecular weight is 182 g/mol. The SMILES string of the molecule is C1=CC2CC3=C(SCC3)C2S1. The highest BCUT2D eigenvalue weighted by Gasteiger charge is 2.37. The zero-order valence-corrected chi connectivity index (χ0v) is 7.88. The lowest BCUT2D eigenvalue weighted by molar-refractivity contribution is 0.714. The standard InChI is InChI=1S/C9H10S2/c1-3-10-8-6(1)5-7-2-4-11-9(7)8/h1,3,6,8H,2,4-5H2. The van der Waals surface area contributed by atoms with Crippen molar-refractivity contribution in [2.75, 3.05) is 5.75 Å². The molecule has 3 rings (SSSR count). The second-order valence-corrected chi connectivity index (χ2v) is 5.51. The van der Waals surface area contributed by atoms with E-state index in [2.05, 4.69) is 23.2 Å². The summed E-state index contributed by atoms with van der Waals surface area (Å²) in [4.78, 5) is 1.74. The van der Waals surface area contributed by atoms with Crippen molar-refractivity contribution in [2.24, 2.45) is 5.92 Å². The first-order valence-corrected chi connectivity index (χ1v) is 6.05. The molecule has 0 nitrogen and oxygen atoms in total. The van der Waals surface area contributed by atoms with Gasteiger partial charge in [0.2, 0.25) is 0 Å². The average Bonchev–Trinajstić information content (AvgIpc) is 2.52. The van der Waals surface area contributed by atoms with Crippen molar-refractivity contribution in [3.05, 3.63) is 22.0 Å². The third-order valence-corrected chi connectivity index (χ3v) is 5.29. The van der Waals surface area contributed by atoms with Crippen LogP contribution < -0.4 is 0 Å². The van der Waals surface area contributed by atoms with Gasteiger partial charge in [0.1, 0.15) is 0 Å². The van der Waals surface area contributed by atoms with Gasteiger partial charge in [0, 0.05) is 11.0 Å². The molecule has 0 radical (unpaired) electrons. The van der Waals surface area contributed by atoms with Gasteiger partial charge in [-0.1, -0.05) is 11.6 Å². The van der Waals surface area contributed by atoms with Gasteiger partial charge in [0.25, 0.3) is 0 Å². The summed E-state index contributed by atoms with van der Waals surface area (Å²) in [6.45, 7) is 0. The Morgan fingerprint density at radius 2 is 2.45 bits per heavy atom. The molecule has 0 spiro atoms. The molecule has 0 aromatic rings. The predicted molar refractivity (Wildman–Crippen MR) is 52.7 cm³/mol. The van der Waals surface area contributed by atoms with Crippen LogP contribution in [0.15, 0.2) is 22.0 Å². The van der Waals surface area contributed by atoms with E-state index in [4.69, 9.17) is 0 Å². The molecule has 0 aromatic carbocycles. The summed E-state index contributed by atoms with van der Waals surface area (Å²) in [7, 11) is 0. The van der Waals surface area contributed by atoms with E-state index in [1.54, 1.807) is 10.5 Å². The number of rotatable bonds is 0. The number of fused-ring (bicyclic) bond motifs is 2. The van der Waals surface area contributed by atoms with Crippen LogP contribution in [-0.2, 0) is 0 Å². The van der Waals surface area contributed by atoms with Crippen LogP contribution >= 0.6 is 23.5 Å². The minimum Gasteiger partial charge on any atom is -0.129 e. The van der Waals surface area contributed by atoms with Crippen LogP contribution in [0, 0.1) is 5.92 Å². The Hall–Kier alpha value is 0.180. The Kier molecular flexibility index (Phi) is 1.41. The zero-order chi connectivity index (χ0) is 7.26. The van der Waals surface area contributed by atoms with E-state index < -0.39 is 0 Å². The fourth-order valence-corrected chi connectivity index (χ4v) is 4.95. The summed E-state index contributed by atoms with van der Waals surface area (Å²) in [6.07, 6.45) is 5.14. The van der Waals surface area contributed by atoms with Gasteiger partial charge in [-0.15, -0.1) is 23.5 Å². The summed E-state index contributed by atoms with van der Waals surface area (Å²) in [5, 5.41) is 3.13. The molecular formula is C9H10S2. The van der Waals surface area contributed by atoms with Crippen molar-refractivity contribution in [1.29, 1.82) is 0 Å². The molecule has 11 heavy (non-hydrogen) atoms. The van der Waals surface area contributed by atoms with Crippen molar-refractivity contribution in [3.8, 4) is 0 Å².